The zero-order chi connectivity index (χ0) is 19.3. The summed E-state index contributed by atoms with van der Waals surface area (Å²) in [5, 5.41) is 0. The Labute approximate surface area is 170 Å². The summed E-state index contributed by atoms with van der Waals surface area (Å²) < 4.78 is 0. The average Bonchev–Trinajstić information content (AvgIpc) is 2.75. The van der Waals surface area contributed by atoms with Gasteiger partial charge < -0.3 is 4.90 Å². The highest BCUT2D eigenvalue weighted by atomic mass is 15.1. The van der Waals surface area contributed by atoms with Crippen LogP contribution in [0.4, 0.5) is 5.69 Å². The minimum atomic E-state index is 0.684. The van der Waals surface area contributed by atoms with Crippen molar-refractivity contribution < 1.29 is 0 Å². The summed E-state index contributed by atoms with van der Waals surface area (Å²) in [6.07, 6.45) is 10.0. The van der Waals surface area contributed by atoms with Gasteiger partial charge in [0.25, 0.3) is 0 Å². The van der Waals surface area contributed by atoms with Crippen molar-refractivity contribution in [1.82, 2.24) is 4.90 Å². The van der Waals surface area contributed by atoms with E-state index in [0.717, 1.165) is 6.54 Å². The van der Waals surface area contributed by atoms with Crippen molar-refractivity contribution in [2.24, 2.45) is 5.92 Å². The Kier molecular flexibility index (Phi) is 5.97. The van der Waals surface area contributed by atoms with E-state index in [-0.39, 0.29) is 0 Å². The Morgan fingerprint density at radius 2 is 1.64 bits per heavy atom. The van der Waals surface area contributed by atoms with Gasteiger partial charge in [-0.3, -0.25) is 4.90 Å². The molecule has 1 aliphatic heterocycles. The van der Waals surface area contributed by atoms with Crippen LogP contribution in [-0.2, 0) is 0 Å². The van der Waals surface area contributed by atoms with Gasteiger partial charge in [0.15, 0.2) is 0 Å². The van der Waals surface area contributed by atoms with E-state index in [2.05, 4.69) is 90.6 Å². The number of rotatable bonds is 5. The summed E-state index contributed by atoms with van der Waals surface area (Å²) >= 11 is 0. The molecule has 2 aromatic rings. The van der Waals surface area contributed by atoms with Gasteiger partial charge >= 0.3 is 0 Å². The van der Waals surface area contributed by atoms with Crippen molar-refractivity contribution in [1.29, 1.82) is 0 Å². The Hall–Kier alpha value is -2.32. The Bertz CT molecular complexity index is 830. The normalized spacial score (nSPS) is 20.4. The number of anilines is 1. The fraction of sp³-hybridized carbons (Fsp3) is 0.385. The van der Waals surface area contributed by atoms with Crippen LogP contribution in [-0.4, -0.2) is 38.6 Å². The molecule has 2 nitrogen and oxygen atoms in total. The fourth-order valence-corrected chi connectivity index (χ4v) is 4.49. The van der Waals surface area contributed by atoms with E-state index in [4.69, 9.17) is 0 Å². The highest BCUT2D eigenvalue weighted by molar-refractivity contribution is 5.68. The first-order chi connectivity index (χ1) is 13.7. The highest BCUT2D eigenvalue weighted by Crippen LogP contribution is 2.32. The topological polar surface area (TPSA) is 6.48 Å². The standard InChI is InChI=1S/C26H32N2/c1-27(2)26-13-11-23(12-14-26)25-10-6-7-21(19-25)20-28-17-15-24(16-18-28)22-8-4-3-5-9-22/h3-5,8-9,11-15,19,21H,6-7,10,16-18,20H2,1-2H3/t21-/m1/s1. The second kappa shape index (κ2) is 8.79. The summed E-state index contributed by atoms with van der Waals surface area (Å²) in [5.74, 6) is 0.684. The molecule has 1 atom stereocenters. The van der Waals surface area contributed by atoms with Gasteiger partial charge in [-0.15, -0.1) is 0 Å². The maximum absolute atomic E-state index is 2.63. The van der Waals surface area contributed by atoms with Crippen molar-refractivity contribution in [3.8, 4) is 0 Å². The first-order valence-electron chi connectivity index (χ1n) is 10.6. The van der Waals surface area contributed by atoms with Gasteiger partial charge in [0.05, 0.1) is 0 Å². The lowest BCUT2D eigenvalue weighted by Gasteiger charge is -2.31. The molecule has 0 fully saturated rings. The van der Waals surface area contributed by atoms with Crippen LogP contribution in [0, 0.1) is 5.92 Å². The van der Waals surface area contributed by atoms with E-state index >= 15 is 0 Å². The van der Waals surface area contributed by atoms with Crippen molar-refractivity contribution >= 4 is 16.8 Å². The molecule has 146 valence electrons. The average molecular weight is 373 g/mol. The molecule has 0 radical (unpaired) electrons. The Morgan fingerprint density at radius 3 is 2.32 bits per heavy atom. The molecule has 4 rings (SSSR count). The van der Waals surface area contributed by atoms with Crippen LogP contribution in [0.25, 0.3) is 11.1 Å². The molecular weight excluding hydrogens is 340 g/mol. The van der Waals surface area contributed by atoms with Crippen LogP contribution < -0.4 is 4.90 Å². The van der Waals surface area contributed by atoms with E-state index in [1.165, 1.54) is 61.2 Å². The third kappa shape index (κ3) is 4.56. The molecule has 0 bridgehead atoms. The predicted molar refractivity (Wildman–Crippen MR) is 122 cm³/mol. The van der Waals surface area contributed by atoms with Crippen LogP contribution in [0.15, 0.2) is 66.7 Å². The zero-order valence-corrected chi connectivity index (χ0v) is 17.3. The number of allylic oxidation sites excluding steroid dienone is 1. The second-order valence-corrected chi connectivity index (χ2v) is 8.39. The third-order valence-electron chi connectivity index (χ3n) is 6.14. The van der Waals surface area contributed by atoms with Gasteiger partial charge in [-0.2, -0.15) is 0 Å². The van der Waals surface area contributed by atoms with Gasteiger partial charge in [0.2, 0.25) is 0 Å². The molecule has 2 aromatic carbocycles. The van der Waals surface area contributed by atoms with Gasteiger partial charge in [-0.1, -0.05) is 54.6 Å². The smallest absolute Gasteiger partial charge is 0.0361 e. The second-order valence-electron chi connectivity index (χ2n) is 8.39. The van der Waals surface area contributed by atoms with Crippen LogP contribution >= 0.6 is 0 Å². The first-order valence-corrected chi connectivity index (χ1v) is 10.6. The quantitative estimate of drug-likeness (QED) is 0.662. The fourth-order valence-electron chi connectivity index (χ4n) is 4.49. The number of benzene rings is 2. The van der Waals surface area contributed by atoms with E-state index in [0.29, 0.717) is 5.92 Å². The van der Waals surface area contributed by atoms with Crippen LogP contribution in [0.5, 0.6) is 0 Å². The summed E-state index contributed by atoms with van der Waals surface area (Å²) in [7, 11) is 4.20. The molecule has 0 aromatic heterocycles. The molecule has 1 heterocycles. The van der Waals surface area contributed by atoms with Gasteiger partial charge in [-0.25, -0.2) is 0 Å². The van der Waals surface area contributed by atoms with Crippen LogP contribution in [0.3, 0.4) is 0 Å². The van der Waals surface area contributed by atoms with Gasteiger partial charge in [0, 0.05) is 39.4 Å². The van der Waals surface area contributed by atoms with Gasteiger partial charge in [-0.05, 0) is 66.0 Å². The van der Waals surface area contributed by atoms with E-state index in [1.54, 1.807) is 5.57 Å². The van der Waals surface area contributed by atoms with E-state index < -0.39 is 0 Å². The largest absolute Gasteiger partial charge is 0.378 e. The molecule has 0 spiro atoms. The molecule has 1 aliphatic carbocycles. The molecule has 0 saturated heterocycles. The molecule has 0 N–H and O–H groups in total. The highest BCUT2D eigenvalue weighted by Gasteiger charge is 2.20. The molecule has 0 amide bonds. The molecular formula is C26H32N2. The lowest BCUT2D eigenvalue weighted by atomic mass is 9.86. The van der Waals surface area contributed by atoms with E-state index in [9.17, 15) is 0 Å². The van der Waals surface area contributed by atoms with Crippen LogP contribution in [0.1, 0.15) is 36.8 Å². The third-order valence-corrected chi connectivity index (χ3v) is 6.14. The monoisotopic (exact) mass is 372 g/mol. The summed E-state index contributed by atoms with van der Waals surface area (Å²) in [6, 6.07) is 19.9. The maximum Gasteiger partial charge on any atom is 0.0361 e. The van der Waals surface area contributed by atoms with E-state index in [1.807, 2.05) is 0 Å². The van der Waals surface area contributed by atoms with Crippen molar-refractivity contribution in [2.75, 3.05) is 38.6 Å². The number of hydrogen-bond donors (Lipinski definition) is 0. The van der Waals surface area contributed by atoms with Gasteiger partial charge in [0.1, 0.15) is 0 Å². The lowest BCUT2D eigenvalue weighted by molar-refractivity contribution is 0.262. The van der Waals surface area contributed by atoms with Crippen molar-refractivity contribution in [3.05, 3.63) is 77.9 Å². The van der Waals surface area contributed by atoms with Crippen molar-refractivity contribution in [3.63, 3.8) is 0 Å². The molecule has 28 heavy (non-hydrogen) atoms. The SMILES string of the molecule is CN(C)c1ccc(C2=C[C@H](CN3CC=C(c4ccccc4)CC3)CCC2)cc1. The summed E-state index contributed by atoms with van der Waals surface area (Å²) in [4.78, 5) is 4.79. The Balaban J connectivity index is 1.39. The first kappa shape index (κ1) is 19.0. The minimum Gasteiger partial charge on any atom is -0.378 e. The lowest BCUT2D eigenvalue weighted by Crippen LogP contribution is -2.33. The molecule has 0 saturated carbocycles. The minimum absolute atomic E-state index is 0.684. The zero-order valence-electron chi connectivity index (χ0n) is 17.3. The van der Waals surface area contributed by atoms with Crippen molar-refractivity contribution in [2.45, 2.75) is 25.7 Å². The predicted octanol–water partition coefficient (Wildman–Crippen LogP) is 5.73. The summed E-state index contributed by atoms with van der Waals surface area (Å²) in [5.41, 5.74) is 7.12. The van der Waals surface area contributed by atoms with Crippen LogP contribution in [0.2, 0.25) is 0 Å². The maximum atomic E-state index is 2.63. The number of hydrogen-bond acceptors (Lipinski definition) is 2. The summed E-state index contributed by atoms with van der Waals surface area (Å²) in [6.45, 7) is 3.46. The molecule has 0 unspecified atom stereocenters. The molecule has 2 aliphatic rings. The number of nitrogens with zero attached hydrogens (tertiary/aromatic N) is 2. The molecule has 2 heteroatoms. The Morgan fingerprint density at radius 1 is 0.893 bits per heavy atom.